The van der Waals surface area contributed by atoms with Gasteiger partial charge in [-0.15, -0.1) is 0 Å². The van der Waals surface area contributed by atoms with Gasteiger partial charge in [0.1, 0.15) is 5.82 Å². The van der Waals surface area contributed by atoms with Crippen LogP contribution in [0.2, 0.25) is 0 Å². The molecule has 0 aliphatic heterocycles. The van der Waals surface area contributed by atoms with Crippen molar-refractivity contribution in [1.29, 1.82) is 0 Å². The number of amides is 1. The van der Waals surface area contributed by atoms with Crippen molar-refractivity contribution in [2.24, 2.45) is 0 Å². The summed E-state index contributed by atoms with van der Waals surface area (Å²) in [6, 6.07) is 12.1. The molecule has 0 fully saturated rings. The Morgan fingerprint density at radius 3 is 2.45 bits per heavy atom. The Morgan fingerprint density at radius 2 is 1.82 bits per heavy atom. The summed E-state index contributed by atoms with van der Waals surface area (Å²) in [6.07, 6.45) is 3.14. The standard InChI is InChI=1S/C19H20FNO/c1-13-4-10-18(14(2)12-13)15(3)21-19(22)11-7-16-5-8-17(20)9-6-16/h4-12,15H,1-3H3,(H,21,22)/b11-7+/t15-/m1/s1. The van der Waals surface area contributed by atoms with E-state index in [-0.39, 0.29) is 17.8 Å². The Morgan fingerprint density at radius 1 is 1.14 bits per heavy atom. The number of halogens is 1. The van der Waals surface area contributed by atoms with Gasteiger partial charge < -0.3 is 5.32 Å². The van der Waals surface area contributed by atoms with Gasteiger partial charge >= 0.3 is 0 Å². The van der Waals surface area contributed by atoms with Crippen LogP contribution in [0.3, 0.4) is 0 Å². The molecule has 114 valence electrons. The van der Waals surface area contributed by atoms with Crippen molar-refractivity contribution in [3.63, 3.8) is 0 Å². The highest BCUT2D eigenvalue weighted by Crippen LogP contribution is 2.18. The van der Waals surface area contributed by atoms with E-state index in [2.05, 4.69) is 11.4 Å². The van der Waals surface area contributed by atoms with Crippen LogP contribution in [-0.4, -0.2) is 5.91 Å². The van der Waals surface area contributed by atoms with Gasteiger partial charge in [-0.1, -0.05) is 35.9 Å². The summed E-state index contributed by atoms with van der Waals surface area (Å²) in [6.45, 7) is 6.05. The van der Waals surface area contributed by atoms with Gasteiger partial charge in [0, 0.05) is 6.08 Å². The first-order valence-electron chi connectivity index (χ1n) is 7.27. The van der Waals surface area contributed by atoms with Crippen molar-refractivity contribution in [2.75, 3.05) is 0 Å². The van der Waals surface area contributed by atoms with Crippen molar-refractivity contribution >= 4 is 12.0 Å². The van der Waals surface area contributed by atoms with Gasteiger partial charge in [0.25, 0.3) is 0 Å². The molecule has 0 spiro atoms. The van der Waals surface area contributed by atoms with Crippen molar-refractivity contribution in [3.05, 3.63) is 76.6 Å². The number of carbonyl (C=O) groups excluding carboxylic acids is 1. The van der Waals surface area contributed by atoms with E-state index in [1.807, 2.05) is 32.9 Å². The number of hydrogen-bond donors (Lipinski definition) is 1. The fraction of sp³-hybridized carbons (Fsp3) is 0.211. The average Bonchev–Trinajstić information content (AvgIpc) is 2.46. The molecule has 0 aliphatic carbocycles. The molecule has 0 bridgehead atoms. The lowest BCUT2D eigenvalue weighted by atomic mass is 10.0. The van der Waals surface area contributed by atoms with E-state index >= 15 is 0 Å². The van der Waals surface area contributed by atoms with Gasteiger partial charge in [0.2, 0.25) is 5.91 Å². The van der Waals surface area contributed by atoms with Crippen LogP contribution in [0.25, 0.3) is 6.08 Å². The number of benzene rings is 2. The fourth-order valence-electron chi connectivity index (χ4n) is 2.40. The first-order chi connectivity index (χ1) is 10.5. The molecule has 0 aromatic heterocycles. The minimum absolute atomic E-state index is 0.0639. The molecule has 3 heteroatoms. The maximum absolute atomic E-state index is 12.8. The van der Waals surface area contributed by atoms with Crippen LogP contribution >= 0.6 is 0 Å². The van der Waals surface area contributed by atoms with Gasteiger partial charge in [-0.05, 0) is 55.7 Å². The Balaban J connectivity index is 2.00. The Labute approximate surface area is 130 Å². The monoisotopic (exact) mass is 297 g/mol. The first kappa shape index (κ1) is 16.0. The Hall–Kier alpha value is -2.42. The molecular weight excluding hydrogens is 277 g/mol. The van der Waals surface area contributed by atoms with Crippen LogP contribution in [0.4, 0.5) is 4.39 Å². The van der Waals surface area contributed by atoms with Crippen LogP contribution in [0.15, 0.2) is 48.5 Å². The number of carbonyl (C=O) groups is 1. The molecule has 2 nitrogen and oxygen atoms in total. The zero-order valence-corrected chi connectivity index (χ0v) is 13.1. The van der Waals surface area contributed by atoms with Crippen LogP contribution < -0.4 is 5.32 Å². The topological polar surface area (TPSA) is 29.1 Å². The summed E-state index contributed by atoms with van der Waals surface area (Å²) < 4.78 is 12.8. The van der Waals surface area contributed by atoms with Crippen molar-refractivity contribution in [3.8, 4) is 0 Å². The highest BCUT2D eigenvalue weighted by molar-refractivity contribution is 5.91. The maximum atomic E-state index is 12.8. The molecule has 0 radical (unpaired) electrons. The van der Waals surface area contributed by atoms with Crippen LogP contribution in [0.5, 0.6) is 0 Å². The van der Waals surface area contributed by atoms with E-state index in [9.17, 15) is 9.18 Å². The molecule has 1 amide bonds. The molecule has 0 saturated carbocycles. The van der Waals surface area contributed by atoms with Crippen LogP contribution in [0, 0.1) is 19.7 Å². The number of nitrogens with one attached hydrogen (secondary N) is 1. The molecule has 1 N–H and O–H groups in total. The van der Waals surface area contributed by atoms with Crippen molar-refractivity contribution in [1.82, 2.24) is 5.32 Å². The molecular formula is C19H20FNO. The van der Waals surface area contributed by atoms with Gasteiger partial charge in [0.15, 0.2) is 0 Å². The zero-order valence-electron chi connectivity index (χ0n) is 13.1. The lowest BCUT2D eigenvalue weighted by Gasteiger charge is -2.16. The molecule has 22 heavy (non-hydrogen) atoms. The van der Waals surface area contributed by atoms with Crippen molar-refractivity contribution in [2.45, 2.75) is 26.8 Å². The summed E-state index contributed by atoms with van der Waals surface area (Å²) in [4.78, 5) is 12.0. The predicted octanol–water partition coefficient (Wildman–Crippen LogP) is 4.33. The van der Waals surface area contributed by atoms with E-state index in [0.29, 0.717) is 0 Å². The molecule has 0 unspecified atom stereocenters. The van der Waals surface area contributed by atoms with Gasteiger partial charge in [0.05, 0.1) is 6.04 Å². The summed E-state index contributed by atoms with van der Waals surface area (Å²) in [5.41, 5.74) is 4.26. The molecule has 2 rings (SSSR count). The largest absolute Gasteiger partial charge is 0.346 e. The van der Waals surface area contributed by atoms with Crippen molar-refractivity contribution < 1.29 is 9.18 Å². The second-order valence-corrected chi connectivity index (χ2v) is 5.48. The van der Waals surface area contributed by atoms with Gasteiger partial charge in [-0.25, -0.2) is 4.39 Å². The van der Waals surface area contributed by atoms with Crippen LogP contribution in [0.1, 0.15) is 35.2 Å². The Bertz CT molecular complexity index is 689. The van der Waals surface area contributed by atoms with E-state index < -0.39 is 0 Å². The fourth-order valence-corrected chi connectivity index (χ4v) is 2.40. The first-order valence-corrected chi connectivity index (χ1v) is 7.27. The second kappa shape index (κ2) is 7.03. The molecule has 0 heterocycles. The normalized spacial score (nSPS) is 12.4. The lowest BCUT2D eigenvalue weighted by Crippen LogP contribution is -2.25. The highest BCUT2D eigenvalue weighted by Gasteiger charge is 2.10. The molecule has 0 aliphatic rings. The summed E-state index contributed by atoms with van der Waals surface area (Å²) >= 11 is 0. The lowest BCUT2D eigenvalue weighted by molar-refractivity contribution is -0.117. The number of rotatable bonds is 4. The molecule has 1 atom stereocenters. The maximum Gasteiger partial charge on any atom is 0.244 e. The van der Waals surface area contributed by atoms with Crippen LogP contribution in [-0.2, 0) is 4.79 Å². The predicted molar refractivity (Wildman–Crippen MR) is 87.9 cm³/mol. The quantitative estimate of drug-likeness (QED) is 0.836. The molecule has 0 saturated heterocycles. The number of hydrogen-bond acceptors (Lipinski definition) is 1. The molecule has 2 aromatic carbocycles. The summed E-state index contributed by atoms with van der Waals surface area (Å²) in [5, 5.41) is 2.94. The molecule has 2 aromatic rings. The minimum Gasteiger partial charge on any atom is -0.346 e. The smallest absolute Gasteiger partial charge is 0.244 e. The summed E-state index contributed by atoms with van der Waals surface area (Å²) in [5.74, 6) is -0.457. The van der Waals surface area contributed by atoms with Gasteiger partial charge in [-0.2, -0.15) is 0 Å². The average molecular weight is 297 g/mol. The summed E-state index contributed by atoms with van der Waals surface area (Å²) in [7, 11) is 0. The van der Waals surface area contributed by atoms with Gasteiger partial charge in [-0.3, -0.25) is 4.79 Å². The van der Waals surface area contributed by atoms with E-state index in [1.165, 1.54) is 23.8 Å². The third-order valence-corrected chi connectivity index (χ3v) is 3.55. The SMILES string of the molecule is Cc1ccc([C@@H](C)NC(=O)/C=C/c2ccc(F)cc2)c(C)c1. The minimum atomic E-state index is -0.287. The van der Waals surface area contributed by atoms with E-state index in [4.69, 9.17) is 0 Å². The third kappa shape index (κ3) is 4.29. The zero-order chi connectivity index (χ0) is 16.1. The highest BCUT2D eigenvalue weighted by atomic mass is 19.1. The van der Waals surface area contributed by atoms with E-state index in [1.54, 1.807) is 18.2 Å². The third-order valence-electron chi connectivity index (χ3n) is 3.55. The Kier molecular flexibility index (Phi) is 5.10. The van der Waals surface area contributed by atoms with E-state index in [0.717, 1.165) is 16.7 Å². The number of aryl methyl sites for hydroxylation is 2. The second-order valence-electron chi connectivity index (χ2n) is 5.48.